The van der Waals surface area contributed by atoms with Crippen LogP contribution in [-0.2, 0) is 11.8 Å². The molecule has 1 aliphatic rings. The van der Waals surface area contributed by atoms with Gasteiger partial charge in [-0.1, -0.05) is 0 Å². The van der Waals surface area contributed by atoms with Crippen LogP contribution >= 0.6 is 0 Å². The topological polar surface area (TPSA) is 69.3 Å². The van der Waals surface area contributed by atoms with Gasteiger partial charge in [0.25, 0.3) is 0 Å². The van der Waals surface area contributed by atoms with Crippen molar-refractivity contribution in [3.05, 3.63) is 42.4 Å². The maximum Gasteiger partial charge on any atom is 0.336 e. The van der Waals surface area contributed by atoms with Gasteiger partial charge in [0.05, 0.1) is 11.8 Å². The van der Waals surface area contributed by atoms with Crippen LogP contribution in [0.4, 0.5) is 0 Å². The van der Waals surface area contributed by atoms with Crippen molar-refractivity contribution in [1.29, 1.82) is 0 Å². The second kappa shape index (κ2) is 5.79. The lowest BCUT2D eigenvalue weighted by Crippen LogP contribution is -2.18. The van der Waals surface area contributed by atoms with E-state index in [4.69, 9.17) is 4.74 Å². The molecule has 6 nitrogen and oxygen atoms in total. The molecule has 1 saturated heterocycles. The van der Waals surface area contributed by atoms with Gasteiger partial charge in [-0.25, -0.2) is 9.48 Å². The minimum atomic E-state index is -0.920. The van der Waals surface area contributed by atoms with Crippen molar-refractivity contribution in [2.24, 2.45) is 7.05 Å². The van der Waals surface area contributed by atoms with Crippen molar-refractivity contribution >= 4 is 16.9 Å². The van der Waals surface area contributed by atoms with Gasteiger partial charge in [-0.05, 0) is 43.0 Å². The van der Waals surface area contributed by atoms with E-state index < -0.39 is 5.97 Å². The Kier molecular flexibility index (Phi) is 3.61. The van der Waals surface area contributed by atoms with Crippen molar-refractivity contribution in [3.63, 3.8) is 0 Å². The molecule has 1 atom stereocenters. The molecule has 1 N–H and O–H groups in total. The van der Waals surface area contributed by atoms with Gasteiger partial charge in [0.1, 0.15) is 6.23 Å². The van der Waals surface area contributed by atoms with Crippen LogP contribution in [0.25, 0.3) is 22.0 Å². The van der Waals surface area contributed by atoms with E-state index in [2.05, 4.69) is 5.10 Å². The summed E-state index contributed by atoms with van der Waals surface area (Å²) < 4.78 is 9.52. The number of carbonyl (C=O) groups is 1. The first-order chi connectivity index (χ1) is 11.6. The predicted molar refractivity (Wildman–Crippen MR) is 89.9 cm³/mol. The van der Waals surface area contributed by atoms with E-state index in [-0.39, 0.29) is 6.23 Å². The number of ether oxygens (including phenoxy) is 1. The Labute approximate surface area is 139 Å². The summed E-state index contributed by atoms with van der Waals surface area (Å²) in [5.41, 5.74) is 2.95. The lowest BCUT2D eigenvalue weighted by Gasteiger charge is -2.22. The van der Waals surface area contributed by atoms with E-state index in [9.17, 15) is 9.90 Å². The second-order valence-electron chi connectivity index (χ2n) is 6.22. The van der Waals surface area contributed by atoms with Gasteiger partial charge in [-0.15, -0.1) is 0 Å². The quantitative estimate of drug-likeness (QED) is 0.801. The Morgan fingerprint density at radius 2 is 2.21 bits per heavy atom. The monoisotopic (exact) mass is 325 g/mol. The highest BCUT2D eigenvalue weighted by molar-refractivity contribution is 6.05. The zero-order valence-corrected chi connectivity index (χ0v) is 13.5. The number of hydrogen-bond donors (Lipinski definition) is 1. The van der Waals surface area contributed by atoms with Crippen LogP contribution in [0.1, 0.15) is 35.8 Å². The first-order valence-electron chi connectivity index (χ1n) is 8.12. The molecule has 0 radical (unpaired) electrons. The van der Waals surface area contributed by atoms with Crippen LogP contribution < -0.4 is 0 Å². The highest BCUT2D eigenvalue weighted by Gasteiger charge is 2.18. The van der Waals surface area contributed by atoms with Gasteiger partial charge >= 0.3 is 5.97 Å². The Balaban J connectivity index is 1.77. The van der Waals surface area contributed by atoms with Gasteiger partial charge in [0.2, 0.25) is 0 Å². The lowest BCUT2D eigenvalue weighted by molar-refractivity contribution is -0.0394. The zero-order chi connectivity index (χ0) is 16.7. The number of carboxylic acid groups (broad SMARTS) is 1. The van der Waals surface area contributed by atoms with Crippen LogP contribution in [0, 0.1) is 0 Å². The van der Waals surface area contributed by atoms with E-state index >= 15 is 0 Å². The summed E-state index contributed by atoms with van der Waals surface area (Å²) in [7, 11) is 1.91. The number of hydrogen-bond acceptors (Lipinski definition) is 3. The average molecular weight is 325 g/mol. The number of aromatic carboxylic acids is 1. The number of aromatic nitrogens is 3. The highest BCUT2D eigenvalue weighted by atomic mass is 16.5. The molecule has 0 saturated carbocycles. The van der Waals surface area contributed by atoms with Gasteiger partial charge in [0.15, 0.2) is 0 Å². The maximum absolute atomic E-state index is 11.6. The minimum absolute atomic E-state index is 0.0230. The standard InChI is InChI=1S/C18H19N3O3/c1-20-6-5-14-15(18(22)23)8-12(9-16(14)20)13-10-19-21(11-13)17-4-2-3-7-24-17/h5-6,8-11,17H,2-4,7H2,1H3,(H,22,23). The summed E-state index contributed by atoms with van der Waals surface area (Å²) in [6.07, 6.45) is 8.75. The number of rotatable bonds is 3. The summed E-state index contributed by atoms with van der Waals surface area (Å²) in [4.78, 5) is 11.6. The first-order valence-corrected chi connectivity index (χ1v) is 8.12. The van der Waals surface area contributed by atoms with Crippen LogP contribution in [-0.4, -0.2) is 32.0 Å². The molecule has 0 spiro atoms. The molecular weight excluding hydrogens is 306 g/mol. The SMILES string of the molecule is Cn1ccc2c(C(=O)O)cc(-c3cnn(C4CCCCO4)c3)cc21. The van der Waals surface area contributed by atoms with Crippen molar-refractivity contribution < 1.29 is 14.6 Å². The molecule has 1 fully saturated rings. The highest BCUT2D eigenvalue weighted by Crippen LogP contribution is 2.30. The number of benzene rings is 1. The number of carboxylic acids is 1. The van der Waals surface area contributed by atoms with E-state index in [1.54, 1.807) is 12.3 Å². The second-order valence-corrected chi connectivity index (χ2v) is 6.22. The van der Waals surface area contributed by atoms with Crippen molar-refractivity contribution in [2.75, 3.05) is 6.61 Å². The lowest BCUT2D eigenvalue weighted by atomic mass is 10.0. The van der Waals surface area contributed by atoms with E-state index in [1.165, 1.54) is 0 Å². The third kappa shape index (κ3) is 2.49. The number of nitrogens with zero attached hydrogens (tertiary/aromatic N) is 3. The fraction of sp³-hybridized carbons (Fsp3) is 0.333. The maximum atomic E-state index is 11.6. The molecule has 0 amide bonds. The normalized spacial score (nSPS) is 18.1. The molecule has 1 aromatic carbocycles. The van der Waals surface area contributed by atoms with E-state index in [0.717, 1.165) is 47.9 Å². The minimum Gasteiger partial charge on any atom is -0.478 e. The Bertz CT molecular complexity index is 904. The summed E-state index contributed by atoms with van der Waals surface area (Å²) >= 11 is 0. The molecule has 0 bridgehead atoms. The van der Waals surface area contributed by atoms with E-state index in [0.29, 0.717) is 5.56 Å². The molecule has 2 aromatic heterocycles. The molecule has 24 heavy (non-hydrogen) atoms. The fourth-order valence-corrected chi connectivity index (χ4v) is 3.29. The molecule has 6 heteroatoms. The fourth-order valence-electron chi connectivity index (χ4n) is 3.29. The van der Waals surface area contributed by atoms with Crippen molar-refractivity contribution in [1.82, 2.24) is 14.3 Å². The van der Waals surface area contributed by atoms with Crippen LogP contribution in [0.2, 0.25) is 0 Å². The smallest absolute Gasteiger partial charge is 0.336 e. The van der Waals surface area contributed by atoms with Crippen molar-refractivity contribution in [2.45, 2.75) is 25.5 Å². The molecule has 3 aromatic rings. The Morgan fingerprint density at radius 1 is 1.33 bits per heavy atom. The summed E-state index contributed by atoms with van der Waals surface area (Å²) in [5, 5.41) is 14.7. The largest absolute Gasteiger partial charge is 0.478 e. The van der Waals surface area contributed by atoms with Gasteiger partial charge in [0, 0.05) is 42.5 Å². The molecule has 1 aliphatic heterocycles. The van der Waals surface area contributed by atoms with Crippen molar-refractivity contribution in [3.8, 4) is 11.1 Å². The zero-order valence-electron chi connectivity index (χ0n) is 13.5. The molecule has 4 rings (SSSR count). The number of aryl methyl sites for hydroxylation is 1. The van der Waals surface area contributed by atoms with Gasteiger partial charge < -0.3 is 14.4 Å². The van der Waals surface area contributed by atoms with Crippen LogP contribution in [0.5, 0.6) is 0 Å². The van der Waals surface area contributed by atoms with Gasteiger partial charge in [-0.3, -0.25) is 0 Å². The molecule has 1 unspecified atom stereocenters. The average Bonchev–Trinajstić information content (AvgIpc) is 3.22. The molecule has 0 aliphatic carbocycles. The predicted octanol–water partition coefficient (Wildman–Crippen LogP) is 3.44. The third-order valence-corrected chi connectivity index (χ3v) is 4.62. The van der Waals surface area contributed by atoms with Crippen LogP contribution in [0.15, 0.2) is 36.8 Å². The molecule has 124 valence electrons. The van der Waals surface area contributed by atoms with Crippen LogP contribution in [0.3, 0.4) is 0 Å². The first kappa shape index (κ1) is 15.0. The summed E-state index contributed by atoms with van der Waals surface area (Å²) in [5.74, 6) is -0.920. The summed E-state index contributed by atoms with van der Waals surface area (Å²) in [6.45, 7) is 0.762. The molecule has 3 heterocycles. The molecular formula is C18H19N3O3. The summed E-state index contributed by atoms with van der Waals surface area (Å²) in [6, 6.07) is 5.56. The number of fused-ring (bicyclic) bond motifs is 1. The third-order valence-electron chi connectivity index (χ3n) is 4.62. The van der Waals surface area contributed by atoms with E-state index in [1.807, 2.05) is 40.8 Å². The Hall–Kier alpha value is -2.60. The van der Waals surface area contributed by atoms with Gasteiger partial charge in [-0.2, -0.15) is 5.10 Å². The Morgan fingerprint density at radius 3 is 2.96 bits per heavy atom.